The summed E-state index contributed by atoms with van der Waals surface area (Å²) in [5.41, 5.74) is 6.29. The second kappa shape index (κ2) is 7.80. The number of rotatable bonds is 4. The summed E-state index contributed by atoms with van der Waals surface area (Å²) < 4.78 is 5.36. The van der Waals surface area contributed by atoms with Crippen molar-refractivity contribution in [1.82, 2.24) is 25.0 Å². The van der Waals surface area contributed by atoms with Gasteiger partial charge in [0.25, 0.3) is 0 Å². The van der Waals surface area contributed by atoms with E-state index in [-0.39, 0.29) is 6.04 Å². The zero-order chi connectivity index (χ0) is 19.7. The first-order valence-corrected chi connectivity index (χ1v) is 9.95. The van der Waals surface area contributed by atoms with E-state index in [4.69, 9.17) is 14.5 Å². The second-order valence-corrected chi connectivity index (χ2v) is 7.74. The fourth-order valence-electron chi connectivity index (χ4n) is 4.09. The molecule has 1 aliphatic heterocycles. The number of hydrogen-bond acceptors (Lipinski definition) is 6. The molecule has 1 aliphatic rings. The SMILES string of the molecule is Cc1cc(-c2c(C)noc2C)nc([C@@H]2CCCCN2Cc2ccncc2C)n1. The molecule has 0 amide bonds. The van der Waals surface area contributed by atoms with Crippen LogP contribution in [-0.2, 0) is 6.54 Å². The van der Waals surface area contributed by atoms with Crippen molar-refractivity contribution in [3.05, 3.63) is 58.6 Å². The standard InChI is InChI=1S/C22H27N5O/c1-14-12-23-9-8-18(14)13-27-10-6-5-7-20(27)22-24-15(2)11-19(25-22)21-16(3)26-28-17(21)4/h8-9,11-12,20H,5-7,10,13H2,1-4H3/t20-/m0/s1. The zero-order valence-corrected chi connectivity index (χ0v) is 17.1. The largest absolute Gasteiger partial charge is 0.361 e. The molecule has 146 valence electrons. The van der Waals surface area contributed by atoms with Gasteiger partial charge in [-0.05, 0) is 70.3 Å². The molecular formula is C22H27N5O. The first kappa shape index (κ1) is 18.7. The number of likely N-dealkylation sites (tertiary alicyclic amines) is 1. The van der Waals surface area contributed by atoms with Gasteiger partial charge in [0.05, 0.1) is 23.0 Å². The Labute approximate surface area is 166 Å². The van der Waals surface area contributed by atoms with Gasteiger partial charge in [-0.1, -0.05) is 11.6 Å². The van der Waals surface area contributed by atoms with Crippen molar-refractivity contribution >= 4 is 0 Å². The van der Waals surface area contributed by atoms with E-state index in [2.05, 4.69) is 28.0 Å². The molecule has 28 heavy (non-hydrogen) atoms. The Morgan fingerprint density at radius 1 is 1.14 bits per heavy atom. The number of aryl methyl sites for hydroxylation is 4. The maximum Gasteiger partial charge on any atom is 0.146 e. The smallest absolute Gasteiger partial charge is 0.146 e. The highest BCUT2D eigenvalue weighted by Gasteiger charge is 2.28. The number of pyridine rings is 1. The van der Waals surface area contributed by atoms with Crippen LogP contribution in [0.5, 0.6) is 0 Å². The predicted molar refractivity (Wildman–Crippen MR) is 108 cm³/mol. The van der Waals surface area contributed by atoms with Crippen molar-refractivity contribution in [1.29, 1.82) is 0 Å². The Bertz CT molecular complexity index is 961. The third kappa shape index (κ3) is 3.69. The predicted octanol–water partition coefficient (Wildman–Crippen LogP) is 4.49. The van der Waals surface area contributed by atoms with Crippen molar-refractivity contribution in [2.24, 2.45) is 0 Å². The minimum Gasteiger partial charge on any atom is -0.361 e. The van der Waals surface area contributed by atoms with E-state index in [1.807, 2.05) is 39.2 Å². The van der Waals surface area contributed by atoms with Gasteiger partial charge >= 0.3 is 0 Å². The van der Waals surface area contributed by atoms with E-state index in [0.717, 1.165) is 53.7 Å². The molecule has 0 aromatic carbocycles. The van der Waals surface area contributed by atoms with Gasteiger partial charge in [0.15, 0.2) is 0 Å². The topological polar surface area (TPSA) is 67.9 Å². The summed E-state index contributed by atoms with van der Waals surface area (Å²) in [5.74, 6) is 1.70. The summed E-state index contributed by atoms with van der Waals surface area (Å²) in [4.78, 5) is 16.5. The van der Waals surface area contributed by atoms with E-state index in [9.17, 15) is 0 Å². The molecule has 4 rings (SSSR count). The van der Waals surface area contributed by atoms with Gasteiger partial charge in [-0.15, -0.1) is 0 Å². The summed E-state index contributed by atoms with van der Waals surface area (Å²) in [6.45, 7) is 10.0. The van der Waals surface area contributed by atoms with Crippen molar-refractivity contribution < 1.29 is 4.52 Å². The molecule has 3 aromatic heterocycles. The summed E-state index contributed by atoms with van der Waals surface area (Å²) in [6, 6.07) is 4.37. The molecule has 1 fully saturated rings. The Morgan fingerprint density at radius 3 is 2.75 bits per heavy atom. The van der Waals surface area contributed by atoms with Crippen LogP contribution in [0.3, 0.4) is 0 Å². The summed E-state index contributed by atoms with van der Waals surface area (Å²) >= 11 is 0. The minimum absolute atomic E-state index is 0.223. The van der Waals surface area contributed by atoms with Crippen LogP contribution in [0.15, 0.2) is 29.0 Å². The lowest BCUT2D eigenvalue weighted by molar-refractivity contribution is 0.133. The fraction of sp³-hybridized carbons (Fsp3) is 0.455. The Balaban J connectivity index is 1.69. The highest BCUT2D eigenvalue weighted by atomic mass is 16.5. The first-order valence-electron chi connectivity index (χ1n) is 9.95. The van der Waals surface area contributed by atoms with Crippen molar-refractivity contribution in [3.8, 4) is 11.3 Å². The number of aromatic nitrogens is 4. The Morgan fingerprint density at radius 2 is 2.00 bits per heavy atom. The van der Waals surface area contributed by atoms with Gasteiger partial charge in [-0.25, -0.2) is 9.97 Å². The van der Waals surface area contributed by atoms with Gasteiger partial charge in [-0.3, -0.25) is 9.88 Å². The zero-order valence-electron chi connectivity index (χ0n) is 17.1. The molecule has 0 radical (unpaired) electrons. The molecule has 4 heterocycles. The highest BCUT2D eigenvalue weighted by Crippen LogP contribution is 2.33. The van der Waals surface area contributed by atoms with Crippen molar-refractivity contribution in [3.63, 3.8) is 0 Å². The van der Waals surface area contributed by atoms with Gasteiger partial charge in [0, 0.05) is 24.6 Å². The maximum atomic E-state index is 5.36. The van der Waals surface area contributed by atoms with Crippen LogP contribution in [-0.4, -0.2) is 31.6 Å². The van der Waals surface area contributed by atoms with Crippen LogP contribution in [0.2, 0.25) is 0 Å². The van der Waals surface area contributed by atoms with E-state index >= 15 is 0 Å². The number of nitrogens with zero attached hydrogens (tertiary/aromatic N) is 5. The quantitative estimate of drug-likeness (QED) is 0.667. The van der Waals surface area contributed by atoms with E-state index in [1.54, 1.807) is 0 Å². The molecule has 0 N–H and O–H groups in total. The average Bonchev–Trinajstić information content (AvgIpc) is 3.02. The molecule has 1 atom stereocenters. The lowest BCUT2D eigenvalue weighted by atomic mass is 9.99. The van der Waals surface area contributed by atoms with Crippen LogP contribution in [0.1, 0.15) is 59.4 Å². The second-order valence-electron chi connectivity index (χ2n) is 7.74. The molecule has 6 heteroatoms. The molecule has 0 saturated carbocycles. The van der Waals surface area contributed by atoms with Gasteiger partial charge < -0.3 is 4.52 Å². The van der Waals surface area contributed by atoms with Crippen LogP contribution < -0.4 is 0 Å². The van der Waals surface area contributed by atoms with Crippen LogP contribution in [0, 0.1) is 27.7 Å². The van der Waals surface area contributed by atoms with Crippen LogP contribution in [0.25, 0.3) is 11.3 Å². The maximum absolute atomic E-state index is 5.36. The Kier molecular flexibility index (Phi) is 5.22. The molecule has 0 spiro atoms. The molecule has 0 aliphatic carbocycles. The van der Waals surface area contributed by atoms with Gasteiger partial charge in [0.2, 0.25) is 0 Å². The lowest BCUT2D eigenvalue weighted by Gasteiger charge is -2.35. The van der Waals surface area contributed by atoms with E-state index < -0.39 is 0 Å². The molecular weight excluding hydrogens is 350 g/mol. The Hall–Kier alpha value is -2.60. The summed E-state index contributed by atoms with van der Waals surface area (Å²) in [6.07, 6.45) is 7.30. The summed E-state index contributed by atoms with van der Waals surface area (Å²) in [7, 11) is 0. The van der Waals surface area contributed by atoms with E-state index in [0.29, 0.717) is 0 Å². The minimum atomic E-state index is 0.223. The normalized spacial score (nSPS) is 17.8. The lowest BCUT2D eigenvalue weighted by Crippen LogP contribution is -2.34. The van der Waals surface area contributed by atoms with Crippen molar-refractivity contribution in [2.45, 2.75) is 59.5 Å². The number of piperidine rings is 1. The molecule has 6 nitrogen and oxygen atoms in total. The fourth-order valence-corrected chi connectivity index (χ4v) is 4.09. The molecule has 1 saturated heterocycles. The molecule has 3 aromatic rings. The van der Waals surface area contributed by atoms with Crippen LogP contribution in [0.4, 0.5) is 0 Å². The van der Waals surface area contributed by atoms with E-state index in [1.165, 1.54) is 24.0 Å². The van der Waals surface area contributed by atoms with Crippen LogP contribution >= 0.6 is 0 Å². The number of hydrogen-bond donors (Lipinski definition) is 0. The first-order chi connectivity index (χ1) is 13.5. The highest BCUT2D eigenvalue weighted by molar-refractivity contribution is 5.63. The summed E-state index contributed by atoms with van der Waals surface area (Å²) in [5, 5.41) is 4.09. The third-order valence-electron chi connectivity index (χ3n) is 5.58. The van der Waals surface area contributed by atoms with Gasteiger partial charge in [0.1, 0.15) is 11.6 Å². The monoisotopic (exact) mass is 377 g/mol. The molecule has 0 unspecified atom stereocenters. The third-order valence-corrected chi connectivity index (χ3v) is 5.58. The average molecular weight is 377 g/mol. The van der Waals surface area contributed by atoms with Gasteiger partial charge in [-0.2, -0.15) is 0 Å². The molecule has 0 bridgehead atoms. The van der Waals surface area contributed by atoms with Crippen molar-refractivity contribution in [2.75, 3.05) is 6.54 Å².